The number of hydrogen-bond donors (Lipinski definition) is 4. The molecular formula is C35H39N3O7S. The number of aliphatic hydroxyl groups excluding tert-OH is 1. The van der Waals surface area contributed by atoms with Crippen molar-refractivity contribution in [2.45, 2.75) is 38.1 Å². The molecule has 2 amide bonds. The van der Waals surface area contributed by atoms with E-state index in [0.717, 1.165) is 28.7 Å². The Hall–Kier alpha value is -4.71. The normalized spacial score (nSPS) is 13.2. The van der Waals surface area contributed by atoms with Crippen LogP contribution in [-0.2, 0) is 23.1 Å². The lowest BCUT2D eigenvalue weighted by atomic mass is 10.00. The molecule has 0 saturated carbocycles. The lowest BCUT2D eigenvalue weighted by Gasteiger charge is -2.25. The van der Waals surface area contributed by atoms with Crippen molar-refractivity contribution in [2.24, 2.45) is 0 Å². The van der Waals surface area contributed by atoms with Crippen molar-refractivity contribution in [1.82, 2.24) is 16.0 Å². The van der Waals surface area contributed by atoms with E-state index in [9.17, 15) is 23.1 Å². The smallest absolute Gasteiger partial charge is 0.306 e. The maximum absolute atomic E-state index is 13.7. The Morgan fingerprint density at radius 1 is 0.783 bits per heavy atom. The number of rotatable bonds is 15. The number of nitrogens with one attached hydrogen (secondary N) is 3. The summed E-state index contributed by atoms with van der Waals surface area (Å²) in [6.07, 6.45) is 0.192. The minimum absolute atomic E-state index is 0.00624. The molecule has 0 heterocycles. The van der Waals surface area contributed by atoms with Crippen molar-refractivity contribution in [3.05, 3.63) is 131 Å². The van der Waals surface area contributed by atoms with Crippen molar-refractivity contribution < 1.29 is 32.0 Å². The molecule has 0 aliphatic carbocycles. The molecule has 0 radical (unpaired) electrons. The summed E-state index contributed by atoms with van der Waals surface area (Å²) in [6.45, 7) is 2.44. The highest BCUT2D eigenvalue weighted by Gasteiger charge is 2.24. The number of carbonyl (C=O) groups is 2. The van der Waals surface area contributed by atoms with Gasteiger partial charge in [-0.25, -0.2) is 0 Å². The number of ether oxygens (including phenoxy) is 1. The molecule has 46 heavy (non-hydrogen) atoms. The van der Waals surface area contributed by atoms with Gasteiger partial charge >= 0.3 is 10.1 Å². The first kappa shape index (κ1) is 34.2. The van der Waals surface area contributed by atoms with E-state index in [1.54, 1.807) is 7.11 Å². The molecule has 0 aliphatic rings. The van der Waals surface area contributed by atoms with Gasteiger partial charge in [-0.05, 0) is 60.4 Å². The number of carbonyl (C=O) groups excluding carboxylic acids is 2. The van der Waals surface area contributed by atoms with Crippen molar-refractivity contribution in [3.8, 4) is 11.5 Å². The maximum atomic E-state index is 13.7. The predicted molar refractivity (Wildman–Crippen MR) is 176 cm³/mol. The average Bonchev–Trinajstić information content (AvgIpc) is 3.04. The minimum Gasteiger partial charge on any atom is -0.497 e. The summed E-state index contributed by atoms with van der Waals surface area (Å²) in [7, 11) is -2.37. The van der Waals surface area contributed by atoms with Crippen LogP contribution in [0.4, 0.5) is 0 Å². The van der Waals surface area contributed by atoms with Crippen LogP contribution < -0.4 is 24.9 Å². The zero-order chi connectivity index (χ0) is 33.1. The van der Waals surface area contributed by atoms with Crippen molar-refractivity contribution in [2.75, 3.05) is 19.9 Å². The monoisotopic (exact) mass is 645 g/mol. The first-order chi connectivity index (χ1) is 22.0. The summed E-state index contributed by atoms with van der Waals surface area (Å²) in [6, 6.07) is 29.1. The first-order valence-electron chi connectivity index (χ1n) is 14.8. The molecule has 0 fully saturated rings. The molecule has 0 saturated heterocycles. The molecule has 2 unspecified atom stereocenters. The molecule has 242 valence electrons. The SMILES string of the molecule is COc1cccc(CNCC(O)C(Cc2ccccc2)NC(=O)c2cc(OS(C)(=O)=O)cc(C(=O)N[C@H](C)c3ccccc3)c2)c1. The van der Waals surface area contributed by atoms with E-state index in [4.69, 9.17) is 8.92 Å². The second kappa shape index (κ2) is 16.0. The summed E-state index contributed by atoms with van der Waals surface area (Å²) in [5, 5.41) is 20.2. The number of aliphatic hydroxyl groups is 1. The Morgan fingerprint density at radius 3 is 2.02 bits per heavy atom. The van der Waals surface area contributed by atoms with Gasteiger partial charge in [0, 0.05) is 24.2 Å². The van der Waals surface area contributed by atoms with Crippen molar-refractivity contribution in [3.63, 3.8) is 0 Å². The molecule has 3 atom stereocenters. The molecule has 0 aromatic heterocycles. The molecular weight excluding hydrogens is 606 g/mol. The second-order valence-electron chi connectivity index (χ2n) is 11.0. The van der Waals surface area contributed by atoms with E-state index in [2.05, 4.69) is 16.0 Å². The predicted octanol–water partition coefficient (Wildman–Crippen LogP) is 4.02. The van der Waals surface area contributed by atoms with Crippen LogP contribution in [0.5, 0.6) is 11.5 Å². The summed E-state index contributed by atoms with van der Waals surface area (Å²) in [5.41, 5.74) is 2.76. The Kier molecular flexibility index (Phi) is 11.9. The Morgan fingerprint density at radius 2 is 1.39 bits per heavy atom. The molecule has 4 aromatic carbocycles. The second-order valence-corrected chi connectivity index (χ2v) is 12.5. The quantitative estimate of drug-likeness (QED) is 0.142. The minimum atomic E-state index is -3.96. The van der Waals surface area contributed by atoms with Gasteiger partial charge in [-0.3, -0.25) is 9.59 Å². The van der Waals surface area contributed by atoms with Crippen molar-refractivity contribution in [1.29, 1.82) is 0 Å². The lowest BCUT2D eigenvalue weighted by Crippen LogP contribution is -2.48. The van der Waals surface area contributed by atoms with Gasteiger partial charge in [0.25, 0.3) is 11.8 Å². The molecule has 4 rings (SSSR count). The molecule has 0 bridgehead atoms. The van der Waals surface area contributed by atoms with E-state index < -0.39 is 34.1 Å². The highest BCUT2D eigenvalue weighted by Crippen LogP contribution is 2.21. The van der Waals surface area contributed by atoms with E-state index in [0.29, 0.717) is 13.0 Å². The van der Waals surface area contributed by atoms with Gasteiger partial charge in [-0.1, -0.05) is 72.8 Å². The standard InChI is InChI=1S/C35H39N3O7S/c1-24(27-14-8-5-9-15-27)37-34(40)28-19-29(21-31(20-28)45-46(3,42)43)35(41)38-32(18-25-11-6-4-7-12-25)33(39)23-36-22-26-13-10-16-30(17-26)44-2/h4-17,19-21,24,32-33,36,39H,18,22-23H2,1-3H3,(H,37,40)(H,38,41)/t24-,32?,33?/m1/s1. The van der Waals surface area contributed by atoms with Crippen LogP contribution in [0.25, 0.3) is 0 Å². The molecule has 4 aromatic rings. The van der Waals surface area contributed by atoms with E-state index >= 15 is 0 Å². The molecule has 0 aliphatic heterocycles. The first-order valence-corrected chi connectivity index (χ1v) is 16.6. The number of amides is 2. The average molecular weight is 646 g/mol. The largest absolute Gasteiger partial charge is 0.497 e. The van der Waals surface area contributed by atoms with Crippen LogP contribution in [0, 0.1) is 0 Å². The van der Waals surface area contributed by atoms with Gasteiger partial charge in [0.1, 0.15) is 11.5 Å². The summed E-state index contributed by atoms with van der Waals surface area (Å²) < 4.78 is 34.3. The van der Waals surface area contributed by atoms with Gasteiger partial charge < -0.3 is 30.0 Å². The highest BCUT2D eigenvalue weighted by molar-refractivity contribution is 7.86. The molecule has 4 N–H and O–H groups in total. The van der Waals surface area contributed by atoms with Crippen molar-refractivity contribution >= 4 is 21.9 Å². The van der Waals surface area contributed by atoms with E-state index in [-0.39, 0.29) is 29.5 Å². The Labute approximate surface area is 269 Å². The van der Waals surface area contributed by atoms with Crippen LogP contribution in [0.15, 0.2) is 103 Å². The zero-order valence-corrected chi connectivity index (χ0v) is 26.8. The fraction of sp³-hybridized carbons (Fsp3) is 0.257. The number of methoxy groups -OCH3 is 1. The fourth-order valence-electron chi connectivity index (χ4n) is 4.88. The van der Waals surface area contributed by atoms with Gasteiger partial charge in [0.15, 0.2) is 0 Å². The van der Waals surface area contributed by atoms with Crippen LogP contribution in [0.2, 0.25) is 0 Å². The molecule has 10 nitrogen and oxygen atoms in total. The maximum Gasteiger partial charge on any atom is 0.306 e. The summed E-state index contributed by atoms with van der Waals surface area (Å²) >= 11 is 0. The van der Waals surface area contributed by atoms with E-state index in [1.165, 1.54) is 18.2 Å². The van der Waals surface area contributed by atoms with Crippen LogP contribution >= 0.6 is 0 Å². The topological polar surface area (TPSA) is 143 Å². The highest BCUT2D eigenvalue weighted by atomic mass is 32.2. The third-order valence-corrected chi connectivity index (χ3v) is 7.72. The van der Waals surface area contributed by atoms with Crippen LogP contribution in [0.1, 0.15) is 50.4 Å². The third kappa shape index (κ3) is 10.4. The fourth-order valence-corrected chi connectivity index (χ4v) is 5.33. The Bertz CT molecular complexity index is 1720. The summed E-state index contributed by atoms with van der Waals surface area (Å²) in [4.78, 5) is 26.9. The van der Waals surface area contributed by atoms with Crippen LogP contribution in [0.3, 0.4) is 0 Å². The molecule has 11 heteroatoms. The van der Waals surface area contributed by atoms with Gasteiger partial charge in [-0.2, -0.15) is 8.42 Å². The number of benzene rings is 4. The zero-order valence-electron chi connectivity index (χ0n) is 26.0. The Balaban J connectivity index is 1.54. The van der Waals surface area contributed by atoms with Crippen LogP contribution in [-0.4, -0.2) is 57.4 Å². The summed E-state index contributed by atoms with van der Waals surface area (Å²) in [5.74, 6) is -0.602. The van der Waals surface area contributed by atoms with Gasteiger partial charge in [0.2, 0.25) is 0 Å². The third-order valence-electron chi connectivity index (χ3n) is 7.22. The molecule has 0 spiro atoms. The number of hydrogen-bond acceptors (Lipinski definition) is 8. The lowest BCUT2D eigenvalue weighted by molar-refractivity contribution is 0.0829. The van der Waals surface area contributed by atoms with Gasteiger partial charge in [0.05, 0.1) is 31.6 Å². The van der Waals surface area contributed by atoms with Gasteiger partial charge in [-0.15, -0.1) is 0 Å². The van der Waals surface area contributed by atoms with E-state index in [1.807, 2.05) is 91.9 Å².